The molecule has 0 aliphatic carbocycles. The van der Waals surface area contributed by atoms with Crippen LogP contribution in [0.5, 0.6) is 0 Å². The lowest BCUT2D eigenvalue weighted by atomic mass is 10.0. The van der Waals surface area contributed by atoms with E-state index < -0.39 is 20.0 Å². The van der Waals surface area contributed by atoms with Gasteiger partial charge in [0.25, 0.3) is 0 Å². The number of hydrogen-bond acceptors (Lipinski definition) is 6. The fourth-order valence-corrected chi connectivity index (χ4v) is 12.7. The first-order chi connectivity index (χ1) is 44.9. The minimum atomic E-state index is -4.46. The molecule has 0 aromatic rings. The van der Waals surface area contributed by atoms with Crippen LogP contribution in [0.4, 0.5) is 0 Å². The van der Waals surface area contributed by atoms with Gasteiger partial charge in [-0.2, -0.15) is 0 Å². The molecule has 0 saturated carbocycles. The Bertz CT molecular complexity index is 1760. The fraction of sp³-hybridized carbons (Fsp3) is 0.854. The highest BCUT2D eigenvalue weighted by molar-refractivity contribution is 7.47. The van der Waals surface area contributed by atoms with Crippen LogP contribution in [0.3, 0.4) is 0 Å². The van der Waals surface area contributed by atoms with E-state index in [0.29, 0.717) is 23.9 Å². The van der Waals surface area contributed by atoms with Crippen molar-refractivity contribution in [3.8, 4) is 0 Å². The highest BCUT2D eigenvalue weighted by Gasteiger charge is 2.30. The maximum Gasteiger partial charge on any atom is 0.472 e. The van der Waals surface area contributed by atoms with Gasteiger partial charge in [-0.25, -0.2) is 4.57 Å². The minimum Gasteiger partial charge on any atom is -0.456 e. The Hall–Kier alpha value is -2.29. The molecule has 0 spiro atoms. The molecule has 0 aromatic heterocycles. The predicted octanol–water partition coefficient (Wildman–Crippen LogP) is 26.1. The van der Waals surface area contributed by atoms with E-state index in [2.05, 4.69) is 80.8 Å². The van der Waals surface area contributed by atoms with Crippen molar-refractivity contribution in [1.82, 2.24) is 5.32 Å². The Morgan fingerprint density at radius 3 is 1.02 bits per heavy atom. The van der Waals surface area contributed by atoms with Gasteiger partial charge in [0.15, 0.2) is 0 Å². The molecule has 1 amide bonds. The number of phosphoric acid groups is 1. The number of likely N-dealkylation sites (N-methyl/N-ethyl adjacent to an activating group) is 1. The second kappa shape index (κ2) is 71.5. The Morgan fingerprint density at radius 2 is 0.663 bits per heavy atom. The van der Waals surface area contributed by atoms with Crippen molar-refractivity contribution in [3.63, 3.8) is 0 Å². The standard InChI is InChI=1S/C82H155N2O7P/c1-7-10-13-16-19-22-25-28-30-32-34-36-38-40-42-44-46-48-50-52-54-56-59-62-65-68-71-74-81(85)83-79(78-90-92(87,88)89-77-76-84(4,5)6)80(73-70-67-64-61-58-27-24-21-18-15-12-9-3)91-82(86)75-72-69-66-63-60-57-55-53-51-49-47-45-43-41-39-37-35-33-31-29-26-23-20-17-14-11-8-2/h20,23,28-31,35,37,70,73,79-80H,7-19,21-22,24-27,32-34,36,38-69,71-72,74-78H2,1-6H3,(H-,83,85,87,88)/p+1/b23-20-,30-28+,31-29-,37-35-,73-70+. The van der Waals surface area contributed by atoms with Crippen LogP contribution in [0, 0.1) is 0 Å². The van der Waals surface area contributed by atoms with Gasteiger partial charge in [0, 0.05) is 12.8 Å². The third-order valence-corrected chi connectivity index (χ3v) is 19.2. The number of ether oxygens (including phenoxy) is 1. The van der Waals surface area contributed by atoms with Gasteiger partial charge in [-0.3, -0.25) is 18.6 Å². The zero-order valence-corrected chi connectivity index (χ0v) is 63.0. The van der Waals surface area contributed by atoms with E-state index >= 15 is 0 Å². The molecule has 0 aliphatic rings. The number of carbonyl (C=O) groups excluding carboxylic acids is 2. The van der Waals surface area contributed by atoms with Crippen LogP contribution in [0.2, 0.25) is 0 Å². The molecule has 0 fully saturated rings. The Kier molecular flexibility index (Phi) is 69.7. The summed E-state index contributed by atoms with van der Waals surface area (Å²) in [6.45, 7) is 7.04. The molecule has 0 aromatic carbocycles. The summed E-state index contributed by atoms with van der Waals surface area (Å²) in [7, 11) is 1.51. The maximum absolute atomic E-state index is 13.7. The Balaban J connectivity index is 4.89. The van der Waals surface area contributed by atoms with Crippen molar-refractivity contribution < 1.29 is 37.3 Å². The molecule has 9 nitrogen and oxygen atoms in total. The van der Waals surface area contributed by atoms with Crippen LogP contribution < -0.4 is 5.32 Å². The third-order valence-electron chi connectivity index (χ3n) is 18.2. The SMILES string of the molecule is CCCCC/C=C\C/C=C\C/C=C\CCCCCCCCCCCCCCCCC(=O)OC(/C=C/CCCCCCCCCCCC)C(COP(=O)(O)OCC[N+](C)(C)C)NC(=O)CCCCCCCCCCCCCCCCCCC/C=C/CCCCCCCC. The van der Waals surface area contributed by atoms with Crippen LogP contribution in [0.25, 0.3) is 0 Å². The molecule has 92 heavy (non-hydrogen) atoms. The van der Waals surface area contributed by atoms with Gasteiger partial charge in [-0.05, 0) is 96.0 Å². The van der Waals surface area contributed by atoms with Crippen LogP contribution in [0.1, 0.15) is 400 Å². The van der Waals surface area contributed by atoms with Crippen molar-refractivity contribution in [1.29, 1.82) is 0 Å². The summed E-state index contributed by atoms with van der Waals surface area (Å²) in [4.78, 5) is 38.0. The lowest BCUT2D eigenvalue weighted by molar-refractivity contribution is -0.870. The second-order valence-corrected chi connectivity index (χ2v) is 30.0. The third kappa shape index (κ3) is 72.0. The summed E-state index contributed by atoms with van der Waals surface area (Å²) in [6, 6.07) is -0.849. The number of carbonyl (C=O) groups is 2. The fourth-order valence-electron chi connectivity index (χ4n) is 12.0. The number of unbranched alkanes of at least 4 members (excludes halogenated alkanes) is 50. The average Bonchev–Trinajstić information content (AvgIpc) is 3.72. The minimum absolute atomic E-state index is 0.0416. The van der Waals surface area contributed by atoms with Gasteiger partial charge in [0.05, 0.1) is 33.8 Å². The first-order valence-corrected chi connectivity index (χ1v) is 41.6. The molecule has 3 unspecified atom stereocenters. The zero-order valence-electron chi connectivity index (χ0n) is 62.1. The van der Waals surface area contributed by atoms with E-state index in [1.165, 1.54) is 295 Å². The Labute approximate surface area is 572 Å². The normalized spacial score (nSPS) is 13.7. The highest BCUT2D eigenvalue weighted by Crippen LogP contribution is 2.43. The van der Waals surface area contributed by atoms with Crippen molar-refractivity contribution in [2.75, 3.05) is 40.9 Å². The van der Waals surface area contributed by atoms with Crippen LogP contribution >= 0.6 is 7.82 Å². The first kappa shape index (κ1) is 89.7. The van der Waals surface area contributed by atoms with Crippen molar-refractivity contribution >= 4 is 19.7 Å². The van der Waals surface area contributed by atoms with Crippen molar-refractivity contribution in [2.45, 2.75) is 412 Å². The number of rotatable bonds is 74. The van der Waals surface area contributed by atoms with Crippen LogP contribution in [-0.4, -0.2) is 74.3 Å². The smallest absolute Gasteiger partial charge is 0.456 e. The van der Waals surface area contributed by atoms with Gasteiger partial charge in [-0.15, -0.1) is 0 Å². The van der Waals surface area contributed by atoms with E-state index in [1.807, 2.05) is 27.2 Å². The van der Waals surface area contributed by atoms with Gasteiger partial charge in [-0.1, -0.05) is 352 Å². The average molecular weight is 1310 g/mol. The molecule has 0 bridgehead atoms. The summed E-state index contributed by atoms with van der Waals surface area (Å²) < 4.78 is 30.9. The number of hydrogen-bond donors (Lipinski definition) is 2. The molecular weight excluding hydrogens is 1160 g/mol. The van der Waals surface area contributed by atoms with E-state index in [-0.39, 0.29) is 25.1 Å². The number of allylic oxidation sites excluding steroid dienone is 9. The van der Waals surface area contributed by atoms with Crippen LogP contribution in [-0.2, 0) is 27.9 Å². The number of amides is 1. The monoisotopic (exact) mass is 1310 g/mol. The van der Waals surface area contributed by atoms with E-state index in [4.69, 9.17) is 13.8 Å². The lowest BCUT2D eigenvalue weighted by Crippen LogP contribution is -2.47. The summed E-state index contributed by atoms with van der Waals surface area (Å²) in [5.41, 5.74) is 0. The molecule has 0 saturated heterocycles. The maximum atomic E-state index is 13.7. The molecule has 540 valence electrons. The predicted molar refractivity (Wildman–Crippen MR) is 402 cm³/mol. The lowest BCUT2D eigenvalue weighted by Gasteiger charge is -2.27. The van der Waals surface area contributed by atoms with Gasteiger partial charge in [0.2, 0.25) is 5.91 Å². The largest absolute Gasteiger partial charge is 0.472 e. The molecular formula is C82H156N2O7P+. The van der Waals surface area contributed by atoms with Crippen LogP contribution in [0.15, 0.2) is 60.8 Å². The van der Waals surface area contributed by atoms with E-state index in [9.17, 15) is 19.0 Å². The molecule has 0 heterocycles. The number of esters is 1. The number of nitrogens with zero attached hydrogens (tertiary/aromatic N) is 1. The molecule has 0 aliphatic heterocycles. The number of phosphoric ester groups is 1. The number of quaternary nitrogens is 1. The topological polar surface area (TPSA) is 111 Å². The molecule has 0 radical (unpaired) electrons. The molecule has 0 rings (SSSR count). The summed E-state index contributed by atoms with van der Waals surface area (Å²) in [5, 5.41) is 3.09. The number of nitrogens with one attached hydrogen (secondary N) is 1. The molecule has 3 atom stereocenters. The van der Waals surface area contributed by atoms with Crippen molar-refractivity contribution in [3.05, 3.63) is 60.8 Å². The molecule has 2 N–H and O–H groups in total. The second-order valence-electron chi connectivity index (χ2n) is 28.6. The zero-order chi connectivity index (χ0) is 67.0. The summed E-state index contributed by atoms with van der Waals surface area (Å²) in [5.74, 6) is -0.486. The van der Waals surface area contributed by atoms with E-state index in [0.717, 1.165) is 70.6 Å². The van der Waals surface area contributed by atoms with Gasteiger partial charge in [0.1, 0.15) is 19.3 Å². The van der Waals surface area contributed by atoms with Gasteiger partial charge < -0.3 is 19.4 Å². The Morgan fingerprint density at radius 1 is 0.380 bits per heavy atom. The highest BCUT2D eigenvalue weighted by atomic mass is 31.2. The quantitative estimate of drug-likeness (QED) is 0.0205. The summed E-state index contributed by atoms with van der Waals surface area (Å²) >= 11 is 0. The first-order valence-electron chi connectivity index (χ1n) is 40.1. The summed E-state index contributed by atoms with van der Waals surface area (Å²) in [6.07, 6.45) is 94.0. The molecule has 10 heteroatoms. The van der Waals surface area contributed by atoms with Crippen molar-refractivity contribution in [2.24, 2.45) is 0 Å². The van der Waals surface area contributed by atoms with E-state index in [1.54, 1.807) is 0 Å². The van der Waals surface area contributed by atoms with Gasteiger partial charge >= 0.3 is 13.8 Å².